The predicted molar refractivity (Wildman–Crippen MR) is 84.4 cm³/mol. The SMILES string of the molecule is Cc1cc(Br)cnc1NC(=O)c1cc(Br)cnc1NN. The van der Waals surface area contributed by atoms with Crippen molar-refractivity contribution in [1.29, 1.82) is 0 Å². The molecule has 1 amide bonds. The number of amides is 1. The Morgan fingerprint density at radius 1 is 1.15 bits per heavy atom. The zero-order valence-electron chi connectivity index (χ0n) is 10.4. The van der Waals surface area contributed by atoms with Crippen LogP contribution in [-0.2, 0) is 0 Å². The van der Waals surface area contributed by atoms with Crippen molar-refractivity contribution in [3.05, 3.63) is 44.6 Å². The second-order valence-electron chi connectivity index (χ2n) is 3.97. The maximum absolute atomic E-state index is 12.3. The van der Waals surface area contributed by atoms with Crippen LogP contribution >= 0.6 is 31.9 Å². The number of hydrogen-bond acceptors (Lipinski definition) is 5. The molecule has 0 aromatic carbocycles. The van der Waals surface area contributed by atoms with Crippen LogP contribution in [0.1, 0.15) is 15.9 Å². The van der Waals surface area contributed by atoms with E-state index >= 15 is 0 Å². The summed E-state index contributed by atoms with van der Waals surface area (Å²) in [6.07, 6.45) is 3.17. The van der Waals surface area contributed by atoms with Crippen LogP contribution in [0.3, 0.4) is 0 Å². The topological polar surface area (TPSA) is 92.9 Å². The number of nitrogen functional groups attached to an aromatic ring is 1. The summed E-state index contributed by atoms with van der Waals surface area (Å²) in [5.41, 5.74) is 3.56. The van der Waals surface area contributed by atoms with Crippen LogP contribution in [0.4, 0.5) is 11.6 Å². The van der Waals surface area contributed by atoms with Gasteiger partial charge in [-0.2, -0.15) is 0 Å². The quantitative estimate of drug-likeness (QED) is 0.544. The first-order chi connectivity index (χ1) is 9.51. The number of anilines is 2. The van der Waals surface area contributed by atoms with Gasteiger partial charge in [-0.1, -0.05) is 0 Å². The van der Waals surface area contributed by atoms with Crippen LogP contribution in [0.5, 0.6) is 0 Å². The van der Waals surface area contributed by atoms with E-state index in [2.05, 4.69) is 52.6 Å². The summed E-state index contributed by atoms with van der Waals surface area (Å²) < 4.78 is 1.53. The number of aromatic nitrogens is 2. The number of pyridine rings is 2. The summed E-state index contributed by atoms with van der Waals surface area (Å²) in [5, 5.41) is 2.73. The first kappa shape index (κ1) is 14.9. The Balaban J connectivity index is 2.30. The zero-order chi connectivity index (χ0) is 14.7. The molecule has 104 valence electrons. The average Bonchev–Trinajstić information content (AvgIpc) is 2.41. The normalized spacial score (nSPS) is 10.2. The molecule has 0 atom stereocenters. The van der Waals surface area contributed by atoms with Gasteiger partial charge in [-0.05, 0) is 56.5 Å². The summed E-state index contributed by atoms with van der Waals surface area (Å²) in [4.78, 5) is 20.4. The van der Waals surface area contributed by atoms with Crippen molar-refractivity contribution >= 4 is 49.4 Å². The predicted octanol–water partition coefficient (Wildman–Crippen LogP) is 2.85. The molecule has 4 N–H and O–H groups in total. The van der Waals surface area contributed by atoms with Crippen molar-refractivity contribution in [3.63, 3.8) is 0 Å². The van der Waals surface area contributed by atoms with Gasteiger partial charge in [0.05, 0.1) is 5.56 Å². The van der Waals surface area contributed by atoms with Crippen molar-refractivity contribution in [2.45, 2.75) is 6.92 Å². The third-order valence-corrected chi connectivity index (χ3v) is 3.38. The maximum Gasteiger partial charge on any atom is 0.260 e. The van der Waals surface area contributed by atoms with Gasteiger partial charge in [0.15, 0.2) is 5.82 Å². The van der Waals surface area contributed by atoms with Crippen molar-refractivity contribution in [1.82, 2.24) is 9.97 Å². The molecule has 0 fully saturated rings. The fraction of sp³-hybridized carbons (Fsp3) is 0.0833. The Morgan fingerprint density at radius 3 is 2.35 bits per heavy atom. The molecule has 8 heteroatoms. The molecule has 0 aliphatic rings. The number of nitrogens with zero attached hydrogens (tertiary/aromatic N) is 2. The van der Waals surface area contributed by atoms with Crippen LogP contribution in [0.2, 0.25) is 0 Å². The molecule has 2 heterocycles. The Kier molecular flexibility index (Phi) is 4.69. The van der Waals surface area contributed by atoms with Gasteiger partial charge in [0, 0.05) is 21.3 Å². The monoisotopic (exact) mass is 399 g/mol. The molecule has 2 aromatic rings. The minimum Gasteiger partial charge on any atom is -0.308 e. The van der Waals surface area contributed by atoms with E-state index in [4.69, 9.17) is 5.84 Å². The summed E-state index contributed by atoms with van der Waals surface area (Å²) >= 11 is 6.59. The fourth-order valence-corrected chi connectivity index (χ4v) is 2.35. The van der Waals surface area contributed by atoms with Crippen LogP contribution < -0.4 is 16.6 Å². The van der Waals surface area contributed by atoms with Gasteiger partial charge < -0.3 is 10.7 Å². The standard InChI is InChI=1S/C12H11Br2N5O/c1-6-2-7(13)4-16-10(6)18-12(20)9-3-8(14)5-17-11(9)19-15/h2-5H,15H2,1H3,(H,17,19)(H,16,18,20). The fourth-order valence-electron chi connectivity index (χ4n) is 1.57. The number of carbonyl (C=O) groups excluding carboxylic acids is 1. The highest BCUT2D eigenvalue weighted by Gasteiger charge is 2.14. The molecule has 20 heavy (non-hydrogen) atoms. The maximum atomic E-state index is 12.3. The molecule has 2 aromatic heterocycles. The van der Waals surface area contributed by atoms with E-state index in [1.54, 1.807) is 18.5 Å². The summed E-state index contributed by atoms with van der Waals surface area (Å²) in [6, 6.07) is 3.50. The van der Waals surface area contributed by atoms with Gasteiger partial charge >= 0.3 is 0 Å². The van der Waals surface area contributed by atoms with E-state index in [1.165, 1.54) is 0 Å². The summed E-state index contributed by atoms with van der Waals surface area (Å²) in [6.45, 7) is 1.86. The van der Waals surface area contributed by atoms with Gasteiger partial charge in [0.1, 0.15) is 5.82 Å². The van der Waals surface area contributed by atoms with Crippen molar-refractivity contribution in [2.75, 3.05) is 10.7 Å². The first-order valence-electron chi connectivity index (χ1n) is 5.57. The second-order valence-corrected chi connectivity index (χ2v) is 5.80. The largest absolute Gasteiger partial charge is 0.308 e. The minimum atomic E-state index is -0.343. The van der Waals surface area contributed by atoms with Crippen LogP contribution in [0, 0.1) is 6.92 Å². The van der Waals surface area contributed by atoms with Crippen molar-refractivity contribution < 1.29 is 4.79 Å². The Bertz CT molecular complexity index is 662. The van der Waals surface area contributed by atoms with E-state index in [-0.39, 0.29) is 5.91 Å². The lowest BCUT2D eigenvalue weighted by Gasteiger charge is -2.10. The van der Waals surface area contributed by atoms with Crippen LogP contribution in [0.15, 0.2) is 33.5 Å². The van der Waals surface area contributed by atoms with Crippen molar-refractivity contribution in [2.24, 2.45) is 5.84 Å². The lowest BCUT2D eigenvalue weighted by atomic mass is 10.2. The highest BCUT2D eigenvalue weighted by Crippen LogP contribution is 2.21. The first-order valence-corrected chi connectivity index (χ1v) is 7.15. The van der Waals surface area contributed by atoms with E-state index in [9.17, 15) is 4.79 Å². The number of nitrogens with one attached hydrogen (secondary N) is 2. The Morgan fingerprint density at radius 2 is 1.75 bits per heavy atom. The molecule has 0 aliphatic carbocycles. The number of carbonyl (C=O) groups is 1. The number of halogens is 2. The van der Waals surface area contributed by atoms with Crippen molar-refractivity contribution in [3.8, 4) is 0 Å². The smallest absolute Gasteiger partial charge is 0.260 e. The third-order valence-electron chi connectivity index (χ3n) is 2.51. The lowest BCUT2D eigenvalue weighted by molar-refractivity contribution is 0.102. The van der Waals surface area contributed by atoms with Gasteiger partial charge in [0.2, 0.25) is 0 Å². The Hall–Kier alpha value is -1.51. The summed E-state index contributed by atoms with van der Waals surface area (Å²) in [7, 11) is 0. The van der Waals surface area contributed by atoms with Crippen LogP contribution in [-0.4, -0.2) is 15.9 Å². The molecule has 0 radical (unpaired) electrons. The van der Waals surface area contributed by atoms with Gasteiger partial charge in [0.25, 0.3) is 5.91 Å². The highest BCUT2D eigenvalue weighted by atomic mass is 79.9. The molecule has 2 rings (SSSR count). The van der Waals surface area contributed by atoms with E-state index in [1.807, 2.05) is 13.0 Å². The molecule has 0 aliphatic heterocycles. The number of hydrogen-bond donors (Lipinski definition) is 3. The number of nitrogens with two attached hydrogens (primary N) is 1. The molecule has 0 unspecified atom stereocenters. The number of rotatable bonds is 3. The molecular weight excluding hydrogens is 390 g/mol. The van der Waals surface area contributed by atoms with E-state index in [0.29, 0.717) is 21.7 Å². The van der Waals surface area contributed by atoms with E-state index < -0.39 is 0 Å². The van der Waals surface area contributed by atoms with Gasteiger partial charge in [-0.15, -0.1) is 0 Å². The number of hydrazine groups is 1. The molecular formula is C12H11Br2N5O. The number of aryl methyl sites for hydroxylation is 1. The van der Waals surface area contributed by atoms with E-state index in [0.717, 1.165) is 10.0 Å². The molecule has 0 bridgehead atoms. The van der Waals surface area contributed by atoms with Crippen LogP contribution in [0.25, 0.3) is 0 Å². The average molecular weight is 401 g/mol. The second kappa shape index (κ2) is 6.29. The zero-order valence-corrected chi connectivity index (χ0v) is 13.6. The molecule has 0 saturated heterocycles. The van der Waals surface area contributed by atoms with Gasteiger partial charge in [-0.25, -0.2) is 15.8 Å². The molecule has 0 saturated carbocycles. The third kappa shape index (κ3) is 3.33. The molecule has 6 nitrogen and oxygen atoms in total. The Labute approximate surface area is 132 Å². The lowest BCUT2D eigenvalue weighted by Crippen LogP contribution is -2.19. The highest BCUT2D eigenvalue weighted by molar-refractivity contribution is 9.10. The summed E-state index contributed by atoms with van der Waals surface area (Å²) in [5.74, 6) is 5.79. The minimum absolute atomic E-state index is 0.292. The van der Waals surface area contributed by atoms with Gasteiger partial charge in [-0.3, -0.25) is 4.79 Å². The molecule has 0 spiro atoms.